The molecule has 0 aliphatic carbocycles. The smallest absolute Gasteiger partial charge is 0.185 e. The number of pyridine rings is 1. The molecule has 1 aromatic carbocycles. The summed E-state index contributed by atoms with van der Waals surface area (Å²) in [5, 5.41) is 0.444. The van der Waals surface area contributed by atoms with Crippen LogP contribution in [0.25, 0.3) is 0 Å². The van der Waals surface area contributed by atoms with Crippen LogP contribution in [0.1, 0.15) is 49.3 Å². The highest BCUT2D eigenvalue weighted by molar-refractivity contribution is 8.29. The second-order valence-electron chi connectivity index (χ2n) is 8.40. The number of aromatic nitrogens is 1. The molecule has 0 bridgehead atoms. The Morgan fingerprint density at radius 2 is 2.03 bits per heavy atom. The minimum Gasteiger partial charge on any atom is -0.386 e. The van der Waals surface area contributed by atoms with Gasteiger partial charge >= 0.3 is 0 Å². The van der Waals surface area contributed by atoms with E-state index in [0.717, 1.165) is 0 Å². The Morgan fingerprint density at radius 3 is 2.65 bits per heavy atom. The minimum atomic E-state index is -2.44. The van der Waals surface area contributed by atoms with E-state index < -0.39 is 26.6 Å². The summed E-state index contributed by atoms with van der Waals surface area (Å²) in [6.45, 7) is 7.89. The largest absolute Gasteiger partial charge is 0.386 e. The third-order valence-electron chi connectivity index (χ3n) is 5.69. The molecule has 1 unspecified atom stereocenters. The van der Waals surface area contributed by atoms with Gasteiger partial charge in [-0.05, 0) is 50.6 Å². The molecule has 0 saturated carbocycles. The zero-order chi connectivity index (χ0) is 23.0. The van der Waals surface area contributed by atoms with Gasteiger partial charge in [0, 0.05) is 30.5 Å². The summed E-state index contributed by atoms with van der Waals surface area (Å²) in [5.74, 6) is -0.195. The second kappa shape index (κ2) is 8.50. The first-order valence-corrected chi connectivity index (χ1v) is 12.1. The van der Waals surface area contributed by atoms with E-state index in [9.17, 15) is 13.7 Å². The molecule has 0 amide bonds. The molecule has 1 aliphatic heterocycles. The van der Waals surface area contributed by atoms with Gasteiger partial charge < -0.3 is 10.3 Å². The molecule has 0 spiro atoms. The number of nitrogens with two attached hydrogens (primary N) is 1. The van der Waals surface area contributed by atoms with Crippen LogP contribution in [-0.4, -0.2) is 38.2 Å². The summed E-state index contributed by atoms with van der Waals surface area (Å²) in [5.41, 5.74) is 6.39. The lowest BCUT2D eigenvalue weighted by Crippen LogP contribution is -2.56. The highest BCUT2D eigenvalue weighted by atomic mass is 35.5. The summed E-state index contributed by atoms with van der Waals surface area (Å²) in [6.07, 6.45) is 1.46. The Labute approximate surface area is 188 Å². The van der Waals surface area contributed by atoms with E-state index in [1.807, 2.05) is 20.8 Å². The van der Waals surface area contributed by atoms with Gasteiger partial charge in [-0.3, -0.25) is 19.5 Å². The normalized spacial score (nSPS) is 27.3. The molecule has 168 valence electrons. The van der Waals surface area contributed by atoms with Crippen LogP contribution < -0.4 is 10.5 Å². The van der Waals surface area contributed by atoms with E-state index in [4.69, 9.17) is 17.3 Å². The third-order valence-corrected chi connectivity index (χ3v) is 9.56. The SMILES string of the molecule is CCNS1(O)C[C@@](C)(c2cc(CC(=O)c3ccc(Cl)cn3)ccc2F)N=C(N)C1(C)C. The number of amidine groups is 1. The van der Waals surface area contributed by atoms with E-state index in [1.54, 1.807) is 31.2 Å². The molecule has 2 heterocycles. The van der Waals surface area contributed by atoms with Crippen LogP contribution in [0.15, 0.2) is 41.5 Å². The van der Waals surface area contributed by atoms with Crippen molar-refractivity contribution in [2.24, 2.45) is 10.7 Å². The molecule has 6 nitrogen and oxygen atoms in total. The van der Waals surface area contributed by atoms with E-state index in [-0.39, 0.29) is 29.5 Å². The summed E-state index contributed by atoms with van der Waals surface area (Å²) >= 11 is 5.83. The average molecular weight is 467 g/mol. The van der Waals surface area contributed by atoms with Crippen molar-refractivity contribution in [2.75, 3.05) is 12.3 Å². The molecule has 0 saturated heterocycles. The Hall–Kier alpha value is -2.00. The fourth-order valence-electron chi connectivity index (χ4n) is 3.71. The van der Waals surface area contributed by atoms with Crippen molar-refractivity contribution in [1.29, 1.82) is 0 Å². The highest BCUT2D eigenvalue weighted by Crippen LogP contribution is 2.59. The van der Waals surface area contributed by atoms with Gasteiger partial charge in [-0.15, -0.1) is 0 Å². The van der Waals surface area contributed by atoms with Crippen molar-refractivity contribution in [3.05, 3.63) is 64.2 Å². The molecule has 9 heteroatoms. The summed E-state index contributed by atoms with van der Waals surface area (Å²) in [4.78, 5) is 21.3. The van der Waals surface area contributed by atoms with E-state index in [1.165, 1.54) is 12.3 Å². The molecule has 0 fully saturated rings. The fraction of sp³-hybridized carbons (Fsp3) is 0.409. The zero-order valence-corrected chi connectivity index (χ0v) is 19.6. The van der Waals surface area contributed by atoms with Gasteiger partial charge in [0.05, 0.1) is 15.3 Å². The molecule has 2 aromatic rings. The van der Waals surface area contributed by atoms with Crippen LogP contribution in [0.4, 0.5) is 4.39 Å². The monoisotopic (exact) mass is 466 g/mol. The molecule has 0 radical (unpaired) electrons. The lowest BCUT2D eigenvalue weighted by molar-refractivity contribution is 0.0988. The van der Waals surface area contributed by atoms with Crippen LogP contribution >= 0.6 is 22.1 Å². The van der Waals surface area contributed by atoms with Crippen molar-refractivity contribution < 1.29 is 13.7 Å². The number of hydrogen-bond donors (Lipinski definition) is 3. The van der Waals surface area contributed by atoms with Gasteiger partial charge in [-0.25, -0.2) is 4.39 Å². The van der Waals surface area contributed by atoms with Crippen molar-refractivity contribution in [2.45, 2.75) is 44.4 Å². The Balaban J connectivity index is 1.98. The number of ketones is 1. The van der Waals surface area contributed by atoms with Crippen molar-refractivity contribution >= 4 is 33.7 Å². The molecule has 31 heavy (non-hydrogen) atoms. The zero-order valence-electron chi connectivity index (χ0n) is 18.1. The van der Waals surface area contributed by atoms with Gasteiger partial charge in [0.2, 0.25) is 0 Å². The maximum absolute atomic E-state index is 14.9. The summed E-state index contributed by atoms with van der Waals surface area (Å²) < 4.78 is 28.8. The number of carbonyl (C=O) groups excluding carboxylic acids is 1. The van der Waals surface area contributed by atoms with E-state index in [2.05, 4.69) is 14.7 Å². The molecular formula is C22H28ClFN4O2S. The second-order valence-corrected chi connectivity index (χ2v) is 11.8. The maximum atomic E-state index is 14.9. The number of Topliss-reactive ketones (excluding diaryl/α,β-unsaturated/α-hetero) is 1. The van der Waals surface area contributed by atoms with Crippen LogP contribution in [0.2, 0.25) is 5.02 Å². The summed E-state index contributed by atoms with van der Waals surface area (Å²) in [6, 6.07) is 7.68. The van der Waals surface area contributed by atoms with E-state index in [0.29, 0.717) is 22.7 Å². The first kappa shape index (κ1) is 23.7. The van der Waals surface area contributed by atoms with E-state index >= 15 is 0 Å². The predicted octanol–water partition coefficient (Wildman–Crippen LogP) is 4.47. The molecule has 3 rings (SSSR count). The number of rotatable bonds is 6. The third kappa shape index (κ3) is 4.48. The van der Waals surface area contributed by atoms with Crippen molar-refractivity contribution in [1.82, 2.24) is 9.71 Å². The Bertz CT molecular complexity index is 1030. The van der Waals surface area contributed by atoms with Crippen LogP contribution in [0.3, 0.4) is 0 Å². The molecule has 2 atom stereocenters. The number of benzene rings is 1. The van der Waals surface area contributed by atoms with Crippen molar-refractivity contribution in [3.63, 3.8) is 0 Å². The van der Waals surface area contributed by atoms with Crippen molar-refractivity contribution in [3.8, 4) is 0 Å². The lowest BCUT2D eigenvalue weighted by atomic mass is 9.90. The van der Waals surface area contributed by atoms with Gasteiger partial charge in [-0.1, -0.05) is 35.1 Å². The standard InChI is InChI=1S/C22H28ClFN4O2S/c1-5-27-31(30)13-22(4,28-20(25)21(31,2)3)16-10-14(6-8-17(16)24)11-19(29)18-9-7-15(23)12-26-18/h6-10,12,27,30H,5,11,13H2,1-4H3,(H2,25,28)/t22-/m0/s1. The average Bonchev–Trinajstić information content (AvgIpc) is 2.68. The topological polar surface area (TPSA) is 101 Å². The number of nitrogens with one attached hydrogen (secondary N) is 1. The quantitative estimate of drug-likeness (QED) is 0.545. The van der Waals surface area contributed by atoms with Gasteiger partial charge in [0.15, 0.2) is 5.78 Å². The van der Waals surface area contributed by atoms with Crippen LogP contribution in [0.5, 0.6) is 0 Å². The number of hydrogen-bond acceptors (Lipinski definition) is 6. The Kier molecular flexibility index (Phi) is 6.49. The Morgan fingerprint density at radius 1 is 1.32 bits per heavy atom. The number of halogens is 2. The first-order chi connectivity index (χ1) is 14.4. The number of aliphatic imine (C=N–C) groups is 1. The highest BCUT2D eigenvalue weighted by Gasteiger charge is 2.51. The van der Waals surface area contributed by atoms with Gasteiger partial charge in [0.25, 0.3) is 0 Å². The fourth-order valence-corrected chi connectivity index (χ4v) is 6.55. The maximum Gasteiger partial charge on any atom is 0.185 e. The number of carbonyl (C=O) groups is 1. The molecule has 1 aromatic heterocycles. The summed E-state index contributed by atoms with van der Waals surface area (Å²) in [7, 11) is -2.44. The van der Waals surface area contributed by atoms with Gasteiger partial charge in [0.1, 0.15) is 17.3 Å². The predicted molar refractivity (Wildman–Crippen MR) is 125 cm³/mol. The molecular weight excluding hydrogens is 439 g/mol. The van der Waals surface area contributed by atoms with Crippen LogP contribution in [-0.2, 0) is 12.0 Å². The van der Waals surface area contributed by atoms with Gasteiger partial charge in [-0.2, -0.15) is 0 Å². The lowest BCUT2D eigenvalue weighted by Gasteiger charge is -2.54. The van der Waals surface area contributed by atoms with Crippen LogP contribution in [0, 0.1) is 5.82 Å². The first-order valence-electron chi connectivity index (χ1n) is 9.99. The molecule has 4 N–H and O–H groups in total. The number of nitrogens with zero attached hydrogens (tertiary/aromatic N) is 2. The minimum absolute atomic E-state index is 0.0486. The molecule has 1 aliphatic rings.